The maximum Gasteiger partial charge on any atom is 0.269 e. The molecule has 3 heterocycles. The highest BCUT2D eigenvalue weighted by atomic mass is 32.2. The van der Waals surface area contributed by atoms with Crippen molar-refractivity contribution in [2.45, 2.75) is 11.4 Å². The minimum absolute atomic E-state index is 0.0651. The van der Waals surface area contributed by atoms with Gasteiger partial charge in [0.15, 0.2) is 5.17 Å². The van der Waals surface area contributed by atoms with Crippen LogP contribution in [0.25, 0.3) is 0 Å². The predicted octanol–water partition coefficient (Wildman–Crippen LogP) is 5.13. The van der Waals surface area contributed by atoms with Crippen molar-refractivity contribution in [3.8, 4) is 0 Å². The highest BCUT2D eigenvalue weighted by Gasteiger charge is 2.39. The van der Waals surface area contributed by atoms with Gasteiger partial charge >= 0.3 is 0 Å². The van der Waals surface area contributed by atoms with E-state index in [0.29, 0.717) is 47.8 Å². The lowest BCUT2D eigenvalue weighted by molar-refractivity contribution is -0.122. The van der Waals surface area contributed by atoms with E-state index in [9.17, 15) is 9.59 Å². The summed E-state index contributed by atoms with van der Waals surface area (Å²) in [6.07, 6.45) is 0. The molecule has 0 atom stereocenters. The minimum Gasteiger partial charge on any atom is -0.379 e. The van der Waals surface area contributed by atoms with Crippen LogP contribution in [-0.4, -0.2) is 66.7 Å². The number of benzene rings is 3. The Morgan fingerprint density at radius 1 is 0.975 bits per heavy atom. The van der Waals surface area contributed by atoms with Gasteiger partial charge < -0.3 is 15.0 Å². The third kappa shape index (κ3) is 5.80. The third-order valence-electron chi connectivity index (χ3n) is 6.80. The molecule has 0 spiro atoms. The van der Waals surface area contributed by atoms with E-state index < -0.39 is 0 Å². The van der Waals surface area contributed by atoms with Gasteiger partial charge in [-0.15, -0.1) is 0 Å². The van der Waals surface area contributed by atoms with E-state index in [1.165, 1.54) is 11.8 Å². The first-order valence-electron chi connectivity index (χ1n) is 13.1. The number of nitrogens with one attached hydrogen (secondary N) is 1. The Bertz CT molecular complexity index is 1490. The zero-order valence-electron chi connectivity index (χ0n) is 22.1. The Morgan fingerprint density at radius 3 is 2.55 bits per heavy atom. The smallest absolute Gasteiger partial charge is 0.269 e. The second kappa shape index (κ2) is 11.9. The molecule has 1 N–H and O–H groups in total. The van der Waals surface area contributed by atoms with Crippen LogP contribution in [0.2, 0.25) is 0 Å². The summed E-state index contributed by atoms with van der Waals surface area (Å²) in [4.78, 5) is 39.1. The Labute approximate surface area is 242 Å². The number of carbonyl (C=O) groups is 2. The van der Waals surface area contributed by atoms with Crippen molar-refractivity contribution in [2.75, 3.05) is 50.1 Å². The molecule has 6 rings (SSSR count). The highest BCUT2D eigenvalue weighted by molar-refractivity contribution is 8.19. The van der Waals surface area contributed by atoms with E-state index in [4.69, 9.17) is 9.73 Å². The van der Waals surface area contributed by atoms with Gasteiger partial charge in [0, 0.05) is 30.7 Å². The van der Waals surface area contributed by atoms with Crippen LogP contribution in [0, 0.1) is 0 Å². The molecule has 0 radical (unpaired) electrons. The second-order valence-corrected chi connectivity index (χ2v) is 11.6. The van der Waals surface area contributed by atoms with Crippen molar-refractivity contribution in [2.24, 2.45) is 4.99 Å². The van der Waals surface area contributed by atoms with Crippen LogP contribution in [-0.2, 0) is 20.9 Å². The monoisotopic (exact) mass is 571 g/mol. The number of hydrogen-bond acceptors (Lipinski definition) is 8. The average Bonchev–Trinajstić information content (AvgIpc) is 3.46. The van der Waals surface area contributed by atoms with Crippen molar-refractivity contribution in [1.82, 2.24) is 9.80 Å². The van der Waals surface area contributed by atoms with Gasteiger partial charge in [-0.25, -0.2) is 4.99 Å². The van der Waals surface area contributed by atoms with E-state index in [2.05, 4.69) is 27.2 Å². The molecule has 3 aliphatic rings. The van der Waals surface area contributed by atoms with E-state index in [0.717, 1.165) is 34.3 Å². The molecular formula is C30H29N5O3S2. The molecule has 3 aromatic carbocycles. The maximum absolute atomic E-state index is 13.9. The molecule has 2 amide bonds. The van der Waals surface area contributed by atoms with Gasteiger partial charge in [0.1, 0.15) is 4.91 Å². The standard InChI is InChI=1S/C30H29N5O3S2/c1-33-24-12-5-6-13-25(24)39-29(33)27-28(37)35(19-21-8-3-2-4-9-21)30(40-27)32-23-11-7-10-22(18-23)31-26(36)20-34-14-16-38-17-15-34/h2-13,18H,14-17,19-20H2,1H3,(H,31,36)/b29-27-,32-30?. The number of thioether (sulfide) groups is 2. The number of morpholine rings is 1. The number of carbonyl (C=O) groups excluding carboxylic acids is 2. The van der Waals surface area contributed by atoms with E-state index in [-0.39, 0.29) is 11.8 Å². The van der Waals surface area contributed by atoms with Crippen molar-refractivity contribution in [1.29, 1.82) is 0 Å². The second-order valence-electron chi connectivity index (χ2n) is 9.62. The molecule has 0 bridgehead atoms. The summed E-state index contributed by atoms with van der Waals surface area (Å²) in [5, 5.41) is 4.50. The zero-order chi connectivity index (χ0) is 27.5. The molecule has 3 aromatic rings. The summed E-state index contributed by atoms with van der Waals surface area (Å²) in [5.41, 5.74) is 3.45. The predicted molar refractivity (Wildman–Crippen MR) is 162 cm³/mol. The fourth-order valence-corrected chi connectivity index (χ4v) is 7.09. The van der Waals surface area contributed by atoms with Gasteiger partial charge in [-0.05, 0) is 47.7 Å². The summed E-state index contributed by atoms with van der Waals surface area (Å²) in [7, 11) is 1.99. The first kappa shape index (κ1) is 26.6. The summed E-state index contributed by atoms with van der Waals surface area (Å²) >= 11 is 3.00. The van der Waals surface area contributed by atoms with E-state index in [1.54, 1.807) is 16.7 Å². The Balaban J connectivity index is 1.27. The number of para-hydroxylation sites is 1. The van der Waals surface area contributed by atoms with Gasteiger partial charge in [0.25, 0.3) is 5.91 Å². The fourth-order valence-electron chi connectivity index (χ4n) is 4.75. The number of ether oxygens (including phenoxy) is 1. The number of rotatable bonds is 6. The van der Waals surface area contributed by atoms with Crippen molar-refractivity contribution in [3.63, 3.8) is 0 Å². The normalized spacial score (nSPS) is 20.3. The maximum atomic E-state index is 13.9. The highest BCUT2D eigenvalue weighted by Crippen LogP contribution is 2.50. The van der Waals surface area contributed by atoms with Crippen LogP contribution in [0.4, 0.5) is 17.1 Å². The van der Waals surface area contributed by atoms with Crippen molar-refractivity contribution in [3.05, 3.63) is 94.4 Å². The molecule has 2 saturated heterocycles. The van der Waals surface area contributed by atoms with Gasteiger partial charge in [0.05, 0.1) is 42.7 Å². The summed E-state index contributed by atoms with van der Waals surface area (Å²) < 4.78 is 5.37. The zero-order valence-corrected chi connectivity index (χ0v) is 23.7. The summed E-state index contributed by atoms with van der Waals surface area (Å²) in [5.74, 6) is -0.138. The van der Waals surface area contributed by atoms with Crippen LogP contribution < -0.4 is 10.2 Å². The fraction of sp³-hybridized carbons (Fsp3) is 0.233. The van der Waals surface area contributed by atoms with Gasteiger partial charge in [0.2, 0.25) is 5.91 Å². The summed E-state index contributed by atoms with van der Waals surface area (Å²) in [6.45, 7) is 3.53. The largest absolute Gasteiger partial charge is 0.379 e. The first-order valence-corrected chi connectivity index (χ1v) is 14.8. The number of nitrogens with zero attached hydrogens (tertiary/aromatic N) is 4. The summed E-state index contributed by atoms with van der Waals surface area (Å²) in [6, 6.07) is 25.5. The topological polar surface area (TPSA) is 77.5 Å². The molecule has 0 aromatic heterocycles. The number of amides is 2. The molecule has 8 nitrogen and oxygen atoms in total. The van der Waals surface area contributed by atoms with Gasteiger partial charge in [-0.1, -0.05) is 60.3 Å². The molecule has 0 saturated carbocycles. The average molecular weight is 572 g/mol. The Kier molecular flexibility index (Phi) is 7.92. The van der Waals surface area contributed by atoms with Crippen molar-refractivity contribution < 1.29 is 14.3 Å². The SMILES string of the molecule is CN1/C(=C2/SC(=Nc3cccc(NC(=O)CN4CCOCC4)c3)N(Cc3ccccc3)C2=O)Sc2ccccc21. The quantitative estimate of drug-likeness (QED) is 0.411. The Morgan fingerprint density at radius 2 is 1.75 bits per heavy atom. The molecule has 10 heteroatoms. The third-order valence-corrected chi connectivity index (χ3v) is 9.24. The molecular weight excluding hydrogens is 542 g/mol. The first-order chi connectivity index (χ1) is 19.5. The number of anilines is 2. The minimum atomic E-state index is -0.0734. The molecule has 0 aliphatic carbocycles. The lowest BCUT2D eigenvalue weighted by Gasteiger charge is -2.25. The van der Waals surface area contributed by atoms with Crippen molar-refractivity contribution >= 4 is 57.6 Å². The van der Waals surface area contributed by atoms with Gasteiger partial charge in [-0.3, -0.25) is 19.4 Å². The molecule has 3 aliphatic heterocycles. The van der Waals surface area contributed by atoms with Crippen LogP contribution in [0.5, 0.6) is 0 Å². The molecule has 0 unspecified atom stereocenters. The Hall–Kier alpha value is -3.57. The van der Waals surface area contributed by atoms with Crippen LogP contribution >= 0.6 is 23.5 Å². The van der Waals surface area contributed by atoms with E-state index >= 15 is 0 Å². The number of fused-ring (bicyclic) bond motifs is 1. The van der Waals surface area contributed by atoms with Gasteiger partial charge in [-0.2, -0.15) is 0 Å². The number of amidine groups is 1. The molecule has 2 fully saturated rings. The molecule has 204 valence electrons. The van der Waals surface area contributed by atoms with Crippen LogP contribution in [0.1, 0.15) is 5.56 Å². The lowest BCUT2D eigenvalue weighted by atomic mass is 10.2. The number of aliphatic imine (C=N–C) groups is 1. The lowest BCUT2D eigenvalue weighted by Crippen LogP contribution is -2.41. The van der Waals surface area contributed by atoms with Crippen LogP contribution in [0.3, 0.4) is 0 Å². The van der Waals surface area contributed by atoms with E-state index in [1.807, 2.05) is 73.8 Å². The van der Waals surface area contributed by atoms with Crippen LogP contribution in [0.15, 0.2) is 98.7 Å². The number of hydrogen-bond donors (Lipinski definition) is 1. The molecule has 40 heavy (non-hydrogen) atoms.